The van der Waals surface area contributed by atoms with E-state index in [2.05, 4.69) is 26.8 Å². The first-order valence-corrected chi connectivity index (χ1v) is 6.63. The summed E-state index contributed by atoms with van der Waals surface area (Å²) < 4.78 is 0. The maximum absolute atomic E-state index is 5.99. The molecule has 3 nitrogen and oxygen atoms in total. The van der Waals surface area contributed by atoms with Crippen LogP contribution in [0.4, 0.5) is 0 Å². The Morgan fingerprint density at radius 2 is 2.29 bits per heavy atom. The van der Waals surface area contributed by atoms with Crippen molar-refractivity contribution in [3.05, 3.63) is 23.5 Å². The van der Waals surface area contributed by atoms with E-state index in [1.54, 1.807) is 5.01 Å². The minimum absolute atomic E-state index is 0.580. The van der Waals surface area contributed by atoms with Crippen molar-refractivity contribution >= 4 is 0 Å². The molecule has 98 valence electrons. The van der Waals surface area contributed by atoms with Crippen LogP contribution in [0.2, 0.25) is 0 Å². The summed E-state index contributed by atoms with van der Waals surface area (Å²) in [5.74, 6) is 7.17. The molecule has 0 aromatic heterocycles. The van der Waals surface area contributed by atoms with Crippen molar-refractivity contribution in [2.45, 2.75) is 46.5 Å². The van der Waals surface area contributed by atoms with E-state index in [1.807, 2.05) is 6.20 Å². The van der Waals surface area contributed by atoms with Crippen LogP contribution in [0, 0.1) is 11.8 Å². The van der Waals surface area contributed by atoms with Crippen molar-refractivity contribution in [3.8, 4) is 0 Å². The van der Waals surface area contributed by atoms with E-state index in [9.17, 15) is 0 Å². The Kier molecular flexibility index (Phi) is 5.56. The standard InChI is InChI=1S/C14H27N3/c1-11(2)8-14(15)10-17(16)9-13-7-5-4-6-12(13)3/h6,10-11,13H,4-5,7-9,15-16H2,1-3H3/b14-10-. The first-order chi connectivity index (χ1) is 7.99. The zero-order chi connectivity index (χ0) is 12.8. The van der Waals surface area contributed by atoms with Gasteiger partial charge in [0.15, 0.2) is 0 Å². The minimum atomic E-state index is 0.580. The lowest BCUT2D eigenvalue weighted by molar-refractivity contribution is 0.316. The van der Waals surface area contributed by atoms with Crippen LogP contribution in [-0.2, 0) is 0 Å². The van der Waals surface area contributed by atoms with E-state index in [0.717, 1.165) is 18.7 Å². The van der Waals surface area contributed by atoms with Gasteiger partial charge < -0.3 is 10.7 Å². The van der Waals surface area contributed by atoms with E-state index in [0.29, 0.717) is 11.8 Å². The predicted octanol–water partition coefficient (Wildman–Crippen LogP) is 2.75. The zero-order valence-corrected chi connectivity index (χ0v) is 11.4. The Hall–Kier alpha value is -0.960. The smallest absolute Gasteiger partial charge is 0.0401 e. The van der Waals surface area contributed by atoms with Crippen molar-refractivity contribution in [3.63, 3.8) is 0 Å². The van der Waals surface area contributed by atoms with Crippen molar-refractivity contribution in [1.82, 2.24) is 5.01 Å². The topological polar surface area (TPSA) is 55.3 Å². The summed E-state index contributed by atoms with van der Waals surface area (Å²) in [5.41, 5.74) is 8.29. The summed E-state index contributed by atoms with van der Waals surface area (Å²) in [6.45, 7) is 7.41. The van der Waals surface area contributed by atoms with Crippen LogP contribution in [0.25, 0.3) is 0 Å². The molecular formula is C14H27N3. The summed E-state index contributed by atoms with van der Waals surface area (Å²) in [7, 11) is 0. The molecule has 0 amide bonds. The molecule has 0 fully saturated rings. The number of allylic oxidation sites excluding steroid dienone is 2. The fourth-order valence-electron chi connectivity index (χ4n) is 2.37. The molecule has 0 saturated carbocycles. The van der Waals surface area contributed by atoms with Crippen LogP contribution in [0.3, 0.4) is 0 Å². The van der Waals surface area contributed by atoms with Gasteiger partial charge in [-0.3, -0.25) is 0 Å². The van der Waals surface area contributed by atoms with Gasteiger partial charge >= 0.3 is 0 Å². The third-order valence-electron chi connectivity index (χ3n) is 3.27. The molecule has 0 spiro atoms. The number of hydrogen-bond acceptors (Lipinski definition) is 3. The Morgan fingerprint density at radius 1 is 1.59 bits per heavy atom. The molecule has 0 bridgehead atoms. The fraction of sp³-hybridized carbons (Fsp3) is 0.714. The summed E-state index contributed by atoms with van der Waals surface area (Å²) in [5, 5.41) is 1.76. The Bertz CT molecular complexity index is 292. The van der Waals surface area contributed by atoms with Crippen molar-refractivity contribution in [2.75, 3.05) is 6.54 Å². The highest BCUT2D eigenvalue weighted by Gasteiger charge is 2.15. The predicted molar refractivity (Wildman–Crippen MR) is 73.7 cm³/mol. The number of nitrogens with two attached hydrogens (primary N) is 2. The van der Waals surface area contributed by atoms with Gasteiger partial charge in [-0.25, -0.2) is 5.84 Å². The van der Waals surface area contributed by atoms with E-state index in [1.165, 1.54) is 24.8 Å². The fourth-order valence-corrected chi connectivity index (χ4v) is 2.37. The van der Waals surface area contributed by atoms with Crippen LogP contribution < -0.4 is 11.6 Å². The minimum Gasteiger partial charge on any atom is -0.401 e. The van der Waals surface area contributed by atoms with Crippen molar-refractivity contribution < 1.29 is 0 Å². The van der Waals surface area contributed by atoms with E-state index >= 15 is 0 Å². The van der Waals surface area contributed by atoms with Gasteiger partial charge in [-0.2, -0.15) is 0 Å². The number of rotatable bonds is 5. The van der Waals surface area contributed by atoms with Crippen molar-refractivity contribution in [1.29, 1.82) is 0 Å². The van der Waals surface area contributed by atoms with Crippen LogP contribution in [0.15, 0.2) is 23.5 Å². The highest BCUT2D eigenvalue weighted by Crippen LogP contribution is 2.24. The third-order valence-corrected chi connectivity index (χ3v) is 3.27. The van der Waals surface area contributed by atoms with Gasteiger partial charge in [-0.05, 0) is 44.4 Å². The Morgan fingerprint density at radius 3 is 2.88 bits per heavy atom. The highest BCUT2D eigenvalue weighted by atomic mass is 15.4. The first-order valence-electron chi connectivity index (χ1n) is 6.63. The molecule has 0 aliphatic heterocycles. The van der Waals surface area contributed by atoms with Crippen LogP contribution in [0.5, 0.6) is 0 Å². The SMILES string of the molecule is CC1=CCCCC1CN(N)/C=C(\N)CC(C)C. The first kappa shape index (κ1) is 14.1. The second kappa shape index (κ2) is 6.70. The molecule has 17 heavy (non-hydrogen) atoms. The van der Waals surface area contributed by atoms with Crippen LogP contribution in [-0.4, -0.2) is 11.6 Å². The molecule has 3 heteroatoms. The number of hydrazine groups is 1. The molecular weight excluding hydrogens is 210 g/mol. The third kappa shape index (κ3) is 5.26. The number of nitrogens with zero attached hydrogens (tertiary/aromatic N) is 1. The normalized spacial score (nSPS) is 21.6. The van der Waals surface area contributed by atoms with Gasteiger partial charge in [-0.15, -0.1) is 0 Å². The number of hydrogen-bond donors (Lipinski definition) is 2. The monoisotopic (exact) mass is 237 g/mol. The van der Waals surface area contributed by atoms with Gasteiger partial charge in [-0.1, -0.05) is 25.5 Å². The van der Waals surface area contributed by atoms with Crippen molar-refractivity contribution in [2.24, 2.45) is 23.4 Å². The highest BCUT2D eigenvalue weighted by molar-refractivity contribution is 5.08. The quantitative estimate of drug-likeness (QED) is 0.439. The molecule has 0 heterocycles. The zero-order valence-electron chi connectivity index (χ0n) is 11.4. The molecule has 1 rings (SSSR count). The van der Waals surface area contributed by atoms with Gasteiger partial charge in [0, 0.05) is 18.4 Å². The van der Waals surface area contributed by atoms with Gasteiger partial charge in [0.05, 0.1) is 0 Å². The molecule has 1 aliphatic rings. The van der Waals surface area contributed by atoms with Gasteiger partial charge in [0.1, 0.15) is 0 Å². The van der Waals surface area contributed by atoms with E-state index in [-0.39, 0.29) is 0 Å². The van der Waals surface area contributed by atoms with E-state index in [4.69, 9.17) is 11.6 Å². The maximum Gasteiger partial charge on any atom is 0.0401 e. The summed E-state index contributed by atoms with van der Waals surface area (Å²) in [4.78, 5) is 0. The average Bonchev–Trinajstić information content (AvgIpc) is 2.19. The lowest BCUT2D eigenvalue weighted by Gasteiger charge is -2.26. The van der Waals surface area contributed by atoms with Gasteiger partial charge in [0.25, 0.3) is 0 Å². The molecule has 0 aromatic carbocycles. The second-order valence-electron chi connectivity index (χ2n) is 5.57. The second-order valence-corrected chi connectivity index (χ2v) is 5.57. The molecule has 1 atom stereocenters. The molecule has 0 saturated heterocycles. The summed E-state index contributed by atoms with van der Waals surface area (Å²) >= 11 is 0. The van der Waals surface area contributed by atoms with Crippen LogP contribution in [0.1, 0.15) is 46.5 Å². The Labute approximate surface area is 106 Å². The molecule has 0 aromatic rings. The molecule has 1 aliphatic carbocycles. The average molecular weight is 237 g/mol. The lowest BCUT2D eigenvalue weighted by atomic mass is 9.88. The van der Waals surface area contributed by atoms with E-state index < -0.39 is 0 Å². The van der Waals surface area contributed by atoms with Gasteiger partial charge in [0.2, 0.25) is 0 Å². The maximum atomic E-state index is 5.99. The molecule has 0 radical (unpaired) electrons. The molecule has 1 unspecified atom stereocenters. The summed E-state index contributed by atoms with van der Waals surface area (Å²) in [6, 6.07) is 0. The summed E-state index contributed by atoms with van der Waals surface area (Å²) in [6.07, 6.45) is 8.88. The Balaban J connectivity index is 2.45. The van der Waals surface area contributed by atoms with Crippen LogP contribution >= 0.6 is 0 Å². The molecule has 4 N–H and O–H groups in total. The largest absolute Gasteiger partial charge is 0.401 e. The lowest BCUT2D eigenvalue weighted by Crippen LogP contribution is -2.33.